The van der Waals surface area contributed by atoms with Crippen LogP contribution in [-0.4, -0.2) is 56.5 Å². The number of ether oxygens (including phenoxy) is 1. The zero-order chi connectivity index (χ0) is 14.8. The Labute approximate surface area is 121 Å². The lowest BCUT2D eigenvalue weighted by Crippen LogP contribution is -2.52. The van der Waals surface area contributed by atoms with E-state index in [9.17, 15) is 13.2 Å². The van der Waals surface area contributed by atoms with E-state index in [-0.39, 0.29) is 23.3 Å². The van der Waals surface area contributed by atoms with Gasteiger partial charge in [-0.25, -0.2) is 8.42 Å². The number of likely N-dealkylation sites (tertiary alicyclic amines) is 1. The molecule has 0 N–H and O–H groups in total. The Hall–Kier alpha value is -0.620. The highest BCUT2D eigenvalue weighted by molar-refractivity contribution is 7.91. The Bertz CT molecular complexity index is 448. The molecule has 2 unspecified atom stereocenters. The van der Waals surface area contributed by atoms with Gasteiger partial charge in [-0.15, -0.1) is 0 Å². The van der Waals surface area contributed by atoms with Gasteiger partial charge >= 0.3 is 5.97 Å². The number of sulfone groups is 1. The molecular weight excluding hydrogens is 278 g/mol. The molecule has 1 aliphatic carbocycles. The predicted molar refractivity (Wildman–Crippen MR) is 77.2 cm³/mol. The molecule has 0 bridgehead atoms. The Kier molecular flexibility index (Phi) is 5.07. The number of esters is 1. The molecule has 6 heteroatoms. The van der Waals surface area contributed by atoms with E-state index in [4.69, 9.17) is 4.74 Å². The first kappa shape index (κ1) is 15.8. The summed E-state index contributed by atoms with van der Waals surface area (Å²) in [6.45, 7) is 0.876. The van der Waals surface area contributed by atoms with Gasteiger partial charge in [0.15, 0.2) is 0 Å². The molecule has 116 valence electrons. The number of carbonyl (C=O) groups excluding carboxylic acids is 1. The van der Waals surface area contributed by atoms with Gasteiger partial charge < -0.3 is 4.74 Å². The van der Waals surface area contributed by atoms with Gasteiger partial charge in [-0.1, -0.05) is 12.8 Å². The fourth-order valence-electron chi connectivity index (χ4n) is 3.59. The zero-order valence-corrected chi connectivity index (χ0v) is 13.2. The van der Waals surface area contributed by atoms with Crippen LogP contribution < -0.4 is 0 Å². The van der Waals surface area contributed by atoms with Crippen LogP contribution in [0.5, 0.6) is 0 Å². The van der Waals surface area contributed by atoms with Crippen molar-refractivity contribution in [2.24, 2.45) is 0 Å². The molecule has 1 saturated heterocycles. The van der Waals surface area contributed by atoms with E-state index in [1.54, 1.807) is 0 Å². The highest BCUT2D eigenvalue weighted by Crippen LogP contribution is 2.31. The molecule has 5 nitrogen and oxygen atoms in total. The lowest BCUT2D eigenvalue weighted by molar-refractivity contribution is -0.149. The number of carbonyl (C=O) groups is 1. The second-order valence-corrected chi connectivity index (χ2v) is 8.37. The number of nitrogens with zero attached hydrogens (tertiary/aromatic N) is 1. The third kappa shape index (κ3) is 3.52. The van der Waals surface area contributed by atoms with Crippen LogP contribution in [0, 0.1) is 0 Å². The SMILES string of the molecule is COC(=O)[C@H]1CCCCN1C1CCCC(S(C)(=O)=O)C1. The first-order valence-corrected chi connectivity index (χ1v) is 9.41. The molecule has 1 aliphatic heterocycles. The van der Waals surface area contributed by atoms with Crippen molar-refractivity contribution in [1.29, 1.82) is 0 Å². The zero-order valence-electron chi connectivity index (χ0n) is 12.4. The van der Waals surface area contributed by atoms with E-state index in [2.05, 4.69) is 4.90 Å². The Balaban J connectivity index is 2.09. The van der Waals surface area contributed by atoms with Crippen LogP contribution in [0.4, 0.5) is 0 Å². The number of piperidine rings is 1. The lowest BCUT2D eigenvalue weighted by Gasteiger charge is -2.42. The van der Waals surface area contributed by atoms with Crippen molar-refractivity contribution in [2.75, 3.05) is 19.9 Å². The summed E-state index contributed by atoms with van der Waals surface area (Å²) < 4.78 is 28.5. The summed E-state index contributed by atoms with van der Waals surface area (Å²) in [5.41, 5.74) is 0. The molecule has 0 amide bonds. The van der Waals surface area contributed by atoms with E-state index in [1.165, 1.54) is 13.4 Å². The van der Waals surface area contributed by atoms with Crippen molar-refractivity contribution in [3.63, 3.8) is 0 Å². The minimum atomic E-state index is -2.98. The second-order valence-electron chi connectivity index (χ2n) is 6.04. The lowest BCUT2D eigenvalue weighted by atomic mass is 9.90. The number of hydrogen-bond donors (Lipinski definition) is 0. The maximum atomic E-state index is 11.9. The summed E-state index contributed by atoms with van der Waals surface area (Å²) in [7, 11) is -1.56. The minimum absolute atomic E-state index is 0.175. The van der Waals surface area contributed by atoms with Gasteiger partial charge in [0.1, 0.15) is 15.9 Å². The van der Waals surface area contributed by atoms with E-state index in [0.29, 0.717) is 6.42 Å². The average molecular weight is 303 g/mol. The molecule has 3 atom stereocenters. The number of hydrogen-bond acceptors (Lipinski definition) is 5. The van der Waals surface area contributed by atoms with Gasteiger partial charge in [0.05, 0.1) is 12.4 Å². The predicted octanol–water partition coefficient (Wildman–Crippen LogP) is 1.37. The number of rotatable bonds is 3. The highest BCUT2D eigenvalue weighted by Gasteiger charge is 2.38. The number of methoxy groups -OCH3 is 1. The van der Waals surface area contributed by atoms with E-state index >= 15 is 0 Å². The monoisotopic (exact) mass is 303 g/mol. The molecule has 0 aromatic carbocycles. The van der Waals surface area contributed by atoms with Crippen molar-refractivity contribution in [1.82, 2.24) is 4.90 Å². The molecule has 2 fully saturated rings. The molecule has 0 spiro atoms. The summed E-state index contributed by atoms with van der Waals surface area (Å²) in [6, 6.07) is 0.0185. The van der Waals surface area contributed by atoms with Crippen molar-refractivity contribution < 1.29 is 17.9 Å². The van der Waals surface area contributed by atoms with Crippen LogP contribution in [0.25, 0.3) is 0 Å². The minimum Gasteiger partial charge on any atom is -0.468 e. The topological polar surface area (TPSA) is 63.7 Å². The van der Waals surface area contributed by atoms with Gasteiger partial charge in [-0.2, -0.15) is 0 Å². The van der Waals surface area contributed by atoms with Crippen LogP contribution >= 0.6 is 0 Å². The van der Waals surface area contributed by atoms with Gasteiger partial charge in [0.2, 0.25) is 0 Å². The van der Waals surface area contributed by atoms with Crippen molar-refractivity contribution in [3.8, 4) is 0 Å². The van der Waals surface area contributed by atoms with E-state index < -0.39 is 9.84 Å². The summed E-state index contributed by atoms with van der Waals surface area (Å²) in [4.78, 5) is 14.1. The first-order valence-electron chi connectivity index (χ1n) is 7.46. The third-order valence-electron chi connectivity index (χ3n) is 4.69. The largest absolute Gasteiger partial charge is 0.468 e. The average Bonchev–Trinajstić information content (AvgIpc) is 2.45. The van der Waals surface area contributed by atoms with Crippen LogP contribution in [0.15, 0.2) is 0 Å². The van der Waals surface area contributed by atoms with Gasteiger partial charge in [0.25, 0.3) is 0 Å². The van der Waals surface area contributed by atoms with Gasteiger partial charge in [-0.05, 0) is 38.6 Å². The molecule has 2 aliphatic rings. The summed E-state index contributed by atoms with van der Waals surface area (Å²) in [6.07, 6.45) is 7.59. The quantitative estimate of drug-likeness (QED) is 0.737. The third-order valence-corrected chi connectivity index (χ3v) is 6.33. The van der Waals surface area contributed by atoms with Gasteiger partial charge in [-0.3, -0.25) is 9.69 Å². The van der Waals surface area contributed by atoms with E-state index in [0.717, 1.165) is 45.1 Å². The molecule has 20 heavy (non-hydrogen) atoms. The maximum Gasteiger partial charge on any atom is 0.323 e. The fraction of sp³-hybridized carbons (Fsp3) is 0.929. The fourth-order valence-corrected chi connectivity index (χ4v) is 4.76. The van der Waals surface area contributed by atoms with Crippen molar-refractivity contribution in [2.45, 2.75) is 62.3 Å². The molecule has 0 radical (unpaired) electrons. The molecular formula is C14H25NO4S. The first-order chi connectivity index (χ1) is 9.43. The second kappa shape index (κ2) is 6.43. The van der Waals surface area contributed by atoms with Crippen molar-refractivity contribution in [3.05, 3.63) is 0 Å². The van der Waals surface area contributed by atoms with Crippen molar-refractivity contribution >= 4 is 15.8 Å². The molecule has 0 aromatic rings. The molecule has 1 saturated carbocycles. The van der Waals surface area contributed by atoms with E-state index in [1.807, 2.05) is 0 Å². The van der Waals surface area contributed by atoms with Gasteiger partial charge in [0, 0.05) is 12.3 Å². The smallest absolute Gasteiger partial charge is 0.323 e. The Morgan fingerprint density at radius 3 is 2.55 bits per heavy atom. The van der Waals surface area contributed by atoms with Crippen LogP contribution in [0.2, 0.25) is 0 Å². The summed E-state index contributed by atoms with van der Waals surface area (Å²) in [5, 5.41) is -0.249. The highest BCUT2D eigenvalue weighted by atomic mass is 32.2. The maximum absolute atomic E-state index is 11.9. The Morgan fingerprint density at radius 1 is 1.15 bits per heavy atom. The summed E-state index contributed by atoms with van der Waals surface area (Å²) >= 11 is 0. The Morgan fingerprint density at radius 2 is 1.90 bits per heavy atom. The molecule has 0 aromatic heterocycles. The summed E-state index contributed by atoms with van der Waals surface area (Å²) in [5.74, 6) is -0.175. The molecule has 1 heterocycles. The normalized spacial score (nSPS) is 32.8. The van der Waals surface area contributed by atoms with Crippen LogP contribution in [0.3, 0.4) is 0 Å². The van der Waals surface area contributed by atoms with Crippen LogP contribution in [0.1, 0.15) is 44.9 Å². The van der Waals surface area contributed by atoms with Crippen LogP contribution in [-0.2, 0) is 19.4 Å². The molecule has 2 rings (SSSR count). The standard InChI is InChI=1S/C14H25NO4S/c1-19-14(16)13-8-3-4-9-15(13)11-6-5-7-12(10-11)20(2,17)18/h11-13H,3-10H2,1-2H3/t11?,12?,13-/m1/s1.